The second kappa shape index (κ2) is 8.48. The molecule has 1 aliphatic rings. The Labute approximate surface area is 164 Å². The molecule has 2 aromatic heterocycles. The van der Waals surface area contributed by atoms with E-state index >= 15 is 0 Å². The van der Waals surface area contributed by atoms with Gasteiger partial charge >= 0.3 is 0 Å². The van der Waals surface area contributed by atoms with Gasteiger partial charge in [0.25, 0.3) is 0 Å². The summed E-state index contributed by atoms with van der Waals surface area (Å²) in [5.74, 6) is 1.03. The van der Waals surface area contributed by atoms with E-state index in [0.717, 1.165) is 51.5 Å². The highest BCUT2D eigenvalue weighted by atomic mass is 32.1. The molecule has 3 aromatic rings. The lowest BCUT2D eigenvalue weighted by Crippen LogP contribution is -2.52. The molecule has 142 valence electrons. The normalized spacial score (nSPS) is 15.5. The molecule has 0 unspecified atom stereocenters. The van der Waals surface area contributed by atoms with Crippen LogP contribution in [0.25, 0.3) is 10.9 Å². The minimum absolute atomic E-state index is 0.942. The van der Waals surface area contributed by atoms with Crippen molar-refractivity contribution in [1.29, 1.82) is 0 Å². The van der Waals surface area contributed by atoms with Crippen LogP contribution in [0.4, 0.5) is 5.00 Å². The van der Waals surface area contributed by atoms with Gasteiger partial charge in [0.05, 0.1) is 5.00 Å². The van der Waals surface area contributed by atoms with E-state index < -0.39 is 0 Å². The van der Waals surface area contributed by atoms with Crippen molar-refractivity contribution >= 4 is 33.2 Å². The van der Waals surface area contributed by atoms with Crippen molar-refractivity contribution in [2.75, 3.05) is 44.7 Å². The van der Waals surface area contributed by atoms with E-state index in [0.29, 0.717) is 0 Å². The molecule has 1 aromatic carbocycles. The molecule has 0 aliphatic carbocycles. The lowest BCUT2D eigenvalue weighted by atomic mass is 10.1. The summed E-state index contributed by atoms with van der Waals surface area (Å²) in [6.07, 6.45) is 4.31. The highest BCUT2D eigenvalue weighted by molar-refractivity contribution is 7.14. The van der Waals surface area contributed by atoms with E-state index in [1.54, 1.807) is 0 Å². The van der Waals surface area contributed by atoms with Crippen LogP contribution >= 0.6 is 11.3 Å². The van der Waals surface area contributed by atoms with Crippen molar-refractivity contribution in [3.05, 3.63) is 53.5 Å². The Morgan fingerprint density at radius 3 is 2.78 bits per heavy atom. The minimum atomic E-state index is 0.942. The highest BCUT2D eigenvalue weighted by Crippen LogP contribution is 2.22. The first-order valence-corrected chi connectivity index (χ1v) is 10.5. The van der Waals surface area contributed by atoms with Gasteiger partial charge in [0.15, 0.2) is 5.96 Å². The van der Waals surface area contributed by atoms with E-state index in [9.17, 15) is 0 Å². The quantitative estimate of drug-likeness (QED) is 0.404. The number of nitrogens with one attached hydrogen (secondary N) is 2. The summed E-state index contributed by atoms with van der Waals surface area (Å²) in [5.41, 5.74) is 2.62. The number of thiophene rings is 1. The standard InChI is InChI=1S/C21H27N5S/c1-22-21(26-13-11-25(12-14-26)20-9-5-15-27-20)23-10-4-6-17-16-24-19-8-3-2-7-18(17)19/h2-3,5,7-9,15-16,24H,4,6,10-14H2,1H3,(H,22,23). The average molecular weight is 382 g/mol. The number of rotatable bonds is 5. The number of H-pyrrole nitrogens is 1. The SMILES string of the molecule is CN=C(NCCCc1c[nH]c2ccccc12)N1CCN(c2cccs2)CC1. The predicted molar refractivity (Wildman–Crippen MR) is 116 cm³/mol. The van der Waals surface area contributed by atoms with Gasteiger partial charge in [-0.3, -0.25) is 4.99 Å². The minimum Gasteiger partial charge on any atom is -0.361 e. The lowest BCUT2D eigenvalue weighted by Gasteiger charge is -2.37. The van der Waals surface area contributed by atoms with Gasteiger partial charge in [-0.2, -0.15) is 0 Å². The Hall–Kier alpha value is -2.47. The number of aryl methyl sites for hydroxylation is 1. The van der Waals surface area contributed by atoms with Gasteiger partial charge in [0.1, 0.15) is 0 Å². The number of aromatic nitrogens is 1. The molecule has 4 rings (SSSR count). The lowest BCUT2D eigenvalue weighted by molar-refractivity contribution is 0.373. The van der Waals surface area contributed by atoms with Crippen molar-refractivity contribution in [1.82, 2.24) is 15.2 Å². The maximum atomic E-state index is 4.49. The van der Waals surface area contributed by atoms with Crippen molar-refractivity contribution < 1.29 is 0 Å². The van der Waals surface area contributed by atoms with Gasteiger partial charge < -0.3 is 20.1 Å². The van der Waals surface area contributed by atoms with Gasteiger partial charge in [-0.15, -0.1) is 11.3 Å². The van der Waals surface area contributed by atoms with Gasteiger partial charge in [-0.25, -0.2) is 0 Å². The molecular weight excluding hydrogens is 354 g/mol. The van der Waals surface area contributed by atoms with Gasteiger partial charge in [0.2, 0.25) is 0 Å². The Kier molecular flexibility index (Phi) is 5.63. The van der Waals surface area contributed by atoms with Crippen LogP contribution < -0.4 is 10.2 Å². The molecule has 2 N–H and O–H groups in total. The zero-order valence-electron chi connectivity index (χ0n) is 15.8. The zero-order valence-corrected chi connectivity index (χ0v) is 16.6. The summed E-state index contributed by atoms with van der Waals surface area (Å²) < 4.78 is 0. The van der Waals surface area contributed by atoms with Crippen LogP contribution in [-0.2, 0) is 6.42 Å². The Balaban J connectivity index is 1.24. The highest BCUT2D eigenvalue weighted by Gasteiger charge is 2.20. The summed E-state index contributed by atoms with van der Waals surface area (Å²) in [6, 6.07) is 12.8. The third kappa shape index (κ3) is 4.11. The number of para-hydroxylation sites is 1. The fourth-order valence-electron chi connectivity index (χ4n) is 3.74. The summed E-state index contributed by atoms with van der Waals surface area (Å²) in [4.78, 5) is 12.7. The molecule has 3 heterocycles. The van der Waals surface area contributed by atoms with Gasteiger partial charge in [-0.05, 0) is 42.0 Å². The summed E-state index contributed by atoms with van der Waals surface area (Å²) in [7, 11) is 1.88. The average Bonchev–Trinajstić information content (AvgIpc) is 3.39. The second-order valence-corrected chi connectivity index (χ2v) is 7.79. The first-order chi connectivity index (χ1) is 13.3. The van der Waals surface area contributed by atoms with Crippen LogP contribution in [0.2, 0.25) is 0 Å². The number of nitrogens with zero attached hydrogens (tertiary/aromatic N) is 3. The van der Waals surface area contributed by atoms with E-state index in [2.05, 4.69) is 73.1 Å². The number of fused-ring (bicyclic) bond motifs is 1. The Morgan fingerprint density at radius 2 is 2.00 bits per heavy atom. The van der Waals surface area contributed by atoms with Crippen molar-refractivity contribution in [2.45, 2.75) is 12.8 Å². The number of aromatic amines is 1. The fraction of sp³-hybridized carbons (Fsp3) is 0.381. The Morgan fingerprint density at radius 1 is 1.15 bits per heavy atom. The molecule has 1 aliphatic heterocycles. The molecule has 0 atom stereocenters. The number of hydrogen-bond donors (Lipinski definition) is 2. The molecule has 0 radical (unpaired) electrons. The maximum Gasteiger partial charge on any atom is 0.193 e. The van der Waals surface area contributed by atoms with Crippen LogP contribution in [0.5, 0.6) is 0 Å². The van der Waals surface area contributed by atoms with E-state index in [4.69, 9.17) is 0 Å². The molecule has 27 heavy (non-hydrogen) atoms. The van der Waals surface area contributed by atoms with E-state index in [1.165, 1.54) is 21.5 Å². The smallest absolute Gasteiger partial charge is 0.193 e. The molecule has 1 fully saturated rings. The number of piperazine rings is 1. The van der Waals surface area contributed by atoms with Gasteiger partial charge in [0, 0.05) is 56.9 Å². The first-order valence-electron chi connectivity index (χ1n) is 9.64. The second-order valence-electron chi connectivity index (χ2n) is 6.86. The third-order valence-electron chi connectivity index (χ3n) is 5.19. The predicted octanol–water partition coefficient (Wildman–Crippen LogP) is 3.56. The molecule has 0 bridgehead atoms. The zero-order chi connectivity index (χ0) is 18.5. The molecule has 0 spiro atoms. The molecule has 0 saturated carbocycles. The Bertz CT molecular complexity index is 875. The van der Waals surface area contributed by atoms with Gasteiger partial charge in [-0.1, -0.05) is 18.2 Å². The monoisotopic (exact) mass is 381 g/mol. The van der Waals surface area contributed by atoms with Crippen molar-refractivity contribution in [3.8, 4) is 0 Å². The molecule has 0 amide bonds. The summed E-state index contributed by atoms with van der Waals surface area (Å²) >= 11 is 1.82. The van der Waals surface area contributed by atoms with Crippen LogP contribution in [0.3, 0.4) is 0 Å². The van der Waals surface area contributed by atoms with E-state index in [1.807, 2.05) is 18.4 Å². The van der Waals surface area contributed by atoms with Crippen LogP contribution in [-0.4, -0.2) is 55.6 Å². The number of guanidine groups is 1. The van der Waals surface area contributed by atoms with Crippen LogP contribution in [0.15, 0.2) is 53.0 Å². The third-order valence-corrected chi connectivity index (χ3v) is 6.12. The molecule has 1 saturated heterocycles. The molecular formula is C21H27N5S. The van der Waals surface area contributed by atoms with Crippen LogP contribution in [0, 0.1) is 0 Å². The molecule has 6 heteroatoms. The number of hydrogen-bond acceptors (Lipinski definition) is 3. The first kappa shape index (κ1) is 17.9. The van der Waals surface area contributed by atoms with Crippen LogP contribution in [0.1, 0.15) is 12.0 Å². The molecule has 5 nitrogen and oxygen atoms in total. The topological polar surface area (TPSA) is 46.7 Å². The summed E-state index contributed by atoms with van der Waals surface area (Å²) in [5, 5.41) is 8.41. The fourth-order valence-corrected chi connectivity index (χ4v) is 4.52. The number of aliphatic imine (C=N–C) groups is 1. The number of benzene rings is 1. The van der Waals surface area contributed by atoms with Crippen molar-refractivity contribution in [3.63, 3.8) is 0 Å². The largest absolute Gasteiger partial charge is 0.361 e. The number of anilines is 1. The summed E-state index contributed by atoms with van der Waals surface area (Å²) in [6.45, 7) is 5.07. The maximum absolute atomic E-state index is 4.49. The van der Waals surface area contributed by atoms with Crippen molar-refractivity contribution in [2.24, 2.45) is 4.99 Å². The van der Waals surface area contributed by atoms with E-state index in [-0.39, 0.29) is 0 Å².